The second-order valence-corrected chi connectivity index (χ2v) is 8.09. The van der Waals surface area contributed by atoms with Gasteiger partial charge >= 0.3 is 0 Å². The van der Waals surface area contributed by atoms with Crippen LogP contribution in [0.25, 0.3) is 0 Å². The average Bonchev–Trinajstić information content (AvgIpc) is 2.63. The zero-order valence-corrected chi connectivity index (χ0v) is 13.8. The summed E-state index contributed by atoms with van der Waals surface area (Å²) >= 11 is 0. The SMILES string of the molecule is CC1(c2ccccc2)O[C@H](OS(C)(=O)=O)[C@@H](OS(C)(=O)=O)O1. The van der Waals surface area contributed by atoms with Crippen LogP contribution in [0.3, 0.4) is 0 Å². The molecule has 1 aromatic carbocycles. The van der Waals surface area contributed by atoms with Crippen molar-refractivity contribution in [1.29, 1.82) is 0 Å². The normalized spacial score (nSPS) is 25.2. The number of rotatable bonds is 5. The Labute approximate surface area is 129 Å². The largest absolute Gasteiger partial charge is 0.310 e. The molecule has 0 amide bonds. The lowest BCUT2D eigenvalue weighted by Gasteiger charge is -2.22. The van der Waals surface area contributed by atoms with Crippen LogP contribution < -0.4 is 0 Å². The predicted octanol–water partition coefficient (Wildman–Crippen LogP) is 0.511. The molecule has 124 valence electrons. The second kappa shape index (κ2) is 5.87. The topological polar surface area (TPSA) is 105 Å². The third-order valence-electron chi connectivity index (χ3n) is 2.74. The summed E-state index contributed by atoms with van der Waals surface area (Å²) in [5.74, 6) is -1.41. The van der Waals surface area contributed by atoms with Gasteiger partial charge in [-0.2, -0.15) is 16.8 Å². The molecule has 0 N–H and O–H groups in total. The van der Waals surface area contributed by atoms with Crippen LogP contribution in [0.4, 0.5) is 0 Å². The molecule has 1 fully saturated rings. The predicted molar refractivity (Wildman–Crippen MR) is 75.4 cm³/mol. The van der Waals surface area contributed by atoms with Crippen molar-refractivity contribution in [2.24, 2.45) is 0 Å². The summed E-state index contributed by atoms with van der Waals surface area (Å²) in [6, 6.07) is 8.59. The Hall–Kier alpha value is -1.04. The van der Waals surface area contributed by atoms with Gasteiger partial charge in [0.25, 0.3) is 20.2 Å². The van der Waals surface area contributed by atoms with Gasteiger partial charge in [0, 0.05) is 5.56 Å². The number of benzene rings is 1. The van der Waals surface area contributed by atoms with Gasteiger partial charge in [-0.3, -0.25) is 0 Å². The summed E-state index contributed by atoms with van der Waals surface area (Å²) in [6.07, 6.45) is -1.47. The maximum atomic E-state index is 11.3. The minimum Gasteiger partial charge on any atom is -0.310 e. The summed E-state index contributed by atoms with van der Waals surface area (Å²) in [6.45, 7) is 1.51. The standard InChI is InChI=1S/C12H16O8S2/c1-12(9-7-5-4-6-8-9)17-10(19-21(2,13)14)11(18-12)20-22(3,15)16/h4-8,10-11H,1-3H3/t10-,11-/m1/s1. The van der Waals surface area contributed by atoms with Crippen molar-refractivity contribution < 1.29 is 34.7 Å². The van der Waals surface area contributed by atoms with E-state index in [2.05, 4.69) is 0 Å². The van der Waals surface area contributed by atoms with Crippen LogP contribution in [0.1, 0.15) is 12.5 Å². The van der Waals surface area contributed by atoms with Crippen molar-refractivity contribution in [3.63, 3.8) is 0 Å². The van der Waals surface area contributed by atoms with Crippen LogP contribution in [0.2, 0.25) is 0 Å². The molecular weight excluding hydrogens is 336 g/mol. The molecule has 0 saturated carbocycles. The zero-order chi connectivity index (χ0) is 16.6. The van der Waals surface area contributed by atoms with E-state index in [4.69, 9.17) is 17.8 Å². The Morgan fingerprint density at radius 3 is 1.68 bits per heavy atom. The first-order valence-corrected chi connectivity index (χ1v) is 9.79. The van der Waals surface area contributed by atoms with Gasteiger partial charge in [0.1, 0.15) is 0 Å². The minimum absolute atomic E-state index is 0.553. The van der Waals surface area contributed by atoms with Gasteiger partial charge < -0.3 is 9.47 Å². The van der Waals surface area contributed by atoms with E-state index in [9.17, 15) is 16.8 Å². The van der Waals surface area contributed by atoms with Crippen molar-refractivity contribution in [3.05, 3.63) is 35.9 Å². The zero-order valence-electron chi connectivity index (χ0n) is 12.1. The highest BCUT2D eigenvalue weighted by Crippen LogP contribution is 2.38. The quantitative estimate of drug-likeness (QED) is 0.706. The maximum absolute atomic E-state index is 11.3. The molecule has 0 aliphatic carbocycles. The molecule has 8 nitrogen and oxygen atoms in total. The van der Waals surface area contributed by atoms with Crippen molar-refractivity contribution in [2.75, 3.05) is 12.5 Å². The van der Waals surface area contributed by atoms with Gasteiger partial charge in [0.05, 0.1) is 12.5 Å². The molecule has 10 heteroatoms. The smallest absolute Gasteiger partial charge is 0.267 e. The Bertz CT molecular complexity index is 684. The van der Waals surface area contributed by atoms with E-state index in [1.807, 2.05) is 0 Å². The Morgan fingerprint density at radius 2 is 1.32 bits per heavy atom. The maximum Gasteiger partial charge on any atom is 0.267 e. The third-order valence-corrected chi connectivity index (χ3v) is 3.82. The molecular formula is C12H16O8S2. The van der Waals surface area contributed by atoms with E-state index in [0.29, 0.717) is 5.56 Å². The highest BCUT2D eigenvalue weighted by Gasteiger charge is 2.49. The van der Waals surface area contributed by atoms with E-state index in [1.165, 1.54) is 6.92 Å². The highest BCUT2D eigenvalue weighted by atomic mass is 32.2. The molecule has 1 aliphatic rings. The van der Waals surface area contributed by atoms with Crippen molar-refractivity contribution >= 4 is 20.2 Å². The van der Waals surface area contributed by atoms with Crippen LogP contribution in [-0.2, 0) is 43.9 Å². The van der Waals surface area contributed by atoms with Crippen LogP contribution >= 0.6 is 0 Å². The second-order valence-electron chi connectivity index (χ2n) is 4.88. The van der Waals surface area contributed by atoms with Crippen molar-refractivity contribution in [3.8, 4) is 0 Å². The van der Waals surface area contributed by atoms with Gasteiger partial charge in [-0.25, -0.2) is 8.37 Å². The molecule has 1 heterocycles. The Balaban J connectivity index is 2.31. The molecule has 0 aromatic heterocycles. The van der Waals surface area contributed by atoms with E-state index in [0.717, 1.165) is 12.5 Å². The van der Waals surface area contributed by atoms with Gasteiger partial charge in [0.15, 0.2) is 5.79 Å². The first-order chi connectivity index (χ1) is 9.99. The van der Waals surface area contributed by atoms with Crippen LogP contribution in [0.5, 0.6) is 0 Å². The molecule has 0 spiro atoms. The molecule has 0 bridgehead atoms. The third kappa shape index (κ3) is 4.48. The summed E-state index contributed by atoms with van der Waals surface area (Å²) in [4.78, 5) is 0. The first kappa shape index (κ1) is 17.3. The van der Waals surface area contributed by atoms with E-state index in [-0.39, 0.29) is 0 Å². The molecule has 0 radical (unpaired) electrons. The summed E-state index contributed by atoms with van der Waals surface area (Å²) in [5.41, 5.74) is 0.553. The molecule has 2 atom stereocenters. The Morgan fingerprint density at radius 1 is 0.909 bits per heavy atom. The van der Waals surface area contributed by atoms with Gasteiger partial charge in [0.2, 0.25) is 12.6 Å². The summed E-state index contributed by atoms with van der Waals surface area (Å²) < 4.78 is 65.5. The fourth-order valence-electron chi connectivity index (χ4n) is 1.93. The van der Waals surface area contributed by atoms with Crippen molar-refractivity contribution in [2.45, 2.75) is 25.3 Å². The molecule has 1 aliphatic heterocycles. The van der Waals surface area contributed by atoms with E-state index in [1.54, 1.807) is 30.3 Å². The van der Waals surface area contributed by atoms with Crippen LogP contribution in [-0.4, -0.2) is 41.9 Å². The fraction of sp³-hybridized carbons (Fsp3) is 0.500. The van der Waals surface area contributed by atoms with Gasteiger partial charge in [-0.1, -0.05) is 30.3 Å². The van der Waals surface area contributed by atoms with E-state index < -0.39 is 38.6 Å². The Kier molecular flexibility index (Phi) is 4.62. The van der Waals surface area contributed by atoms with Crippen molar-refractivity contribution in [1.82, 2.24) is 0 Å². The lowest BCUT2D eigenvalue weighted by atomic mass is 10.1. The number of ether oxygens (including phenoxy) is 2. The molecule has 2 rings (SSSR count). The summed E-state index contributed by atoms with van der Waals surface area (Å²) in [7, 11) is -7.82. The minimum atomic E-state index is -3.91. The number of hydrogen-bond acceptors (Lipinski definition) is 8. The van der Waals surface area contributed by atoms with Crippen LogP contribution in [0, 0.1) is 0 Å². The first-order valence-electron chi connectivity index (χ1n) is 6.16. The van der Waals surface area contributed by atoms with Gasteiger partial charge in [-0.15, -0.1) is 0 Å². The average molecular weight is 352 g/mol. The summed E-state index contributed by atoms with van der Waals surface area (Å²) in [5, 5.41) is 0. The molecule has 1 aromatic rings. The molecule has 22 heavy (non-hydrogen) atoms. The van der Waals surface area contributed by atoms with Crippen LogP contribution in [0.15, 0.2) is 30.3 Å². The van der Waals surface area contributed by atoms with Gasteiger partial charge in [-0.05, 0) is 6.92 Å². The van der Waals surface area contributed by atoms with E-state index >= 15 is 0 Å². The molecule has 0 unspecified atom stereocenters. The lowest BCUT2D eigenvalue weighted by Crippen LogP contribution is -2.32. The molecule has 1 saturated heterocycles. The number of hydrogen-bond donors (Lipinski definition) is 0. The highest BCUT2D eigenvalue weighted by molar-refractivity contribution is 7.86. The monoisotopic (exact) mass is 352 g/mol. The lowest BCUT2D eigenvalue weighted by molar-refractivity contribution is -0.195. The fourth-order valence-corrected chi connectivity index (χ4v) is 2.88.